The number of benzene rings is 2. The summed E-state index contributed by atoms with van der Waals surface area (Å²) in [6.07, 6.45) is 1.49. The van der Waals surface area contributed by atoms with Gasteiger partial charge in [-0.15, -0.1) is 11.8 Å². The molecule has 2 aromatic rings. The molecule has 1 amide bonds. The Hall–Kier alpha value is -1.45. The number of hydrogen-bond donors (Lipinski definition) is 0. The first-order chi connectivity index (χ1) is 10.3. The van der Waals surface area contributed by atoms with Crippen LogP contribution < -0.4 is 4.90 Å². The molecule has 4 heteroatoms. The molecule has 3 rings (SSSR count). The lowest BCUT2D eigenvalue weighted by Gasteiger charge is -2.17. The van der Waals surface area contributed by atoms with Crippen molar-refractivity contribution in [2.45, 2.75) is 17.7 Å². The molecule has 0 unspecified atom stereocenters. The predicted octanol–water partition coefficient (Wildman–Crippen LogP) is 4.41. The number of para-hydroxylation sites is 1. The van der Waals surface area contributed by atoms with Crippen molar-refractivity contribution in [1.82, 2.24) is 0 Å². The number of halogens is 1. The average Bonchev–Trinajstić information content (AvgIpc) is 2.93. The van der Waals surface area contributed by atoms with Crippen LogP contribution >= 0.6 is 23.4 Å². The molecule has 1 heterocycles. The highest BCUT2D eigenvalue weighted by Crippen LogP contribution is 2.30. The lowest BCUT2D eigenvalue weighted by molar-refractivity contribution is -0.118. The van der Waals surface area contributed by atoms with Gasteiger partial charge >= 0.3 is 0 Å². The molecular formula is C17H16ClNOS. The minimum Gasteiger partial charge on any atom is -0.312 e. The first kappa shape index (κ1) is 14.5. The van der Waals surface area contributed by atoms with Crippen molar-refractivity contribution in [3.8, 4) is 0 Å². The smallest absolute Gasteiger partial charge is 0.227 e. The molecule has 0 atom stereocenters. The number of anilines is 1. The number of rotatable bonds is 4. The number of carbonyl (C=O) groups is 1. The summed E-state index contributed by atoms with van der Waals surface area (Å²) in [5.41, 5.74) is 2.34. The molecule has 108 valence electrons. The molecule has 0 aromatic heterocycles. The summed E-state index contributed by atoms with van der Waals surface area (Å²) in [6, 6.07) is 15.9. The van der Waals surface area contributed by atoms with E-state index < -0.39 is 0 Å². The summed E-state index contributed by atoms with van der Waals surface area (Å²) < 4.78 is 0. The van der Waals surface area contributed by atoms with Crippen molar-refractivity contribution in [1.29, 1.82) is 0 Å². The summed E-state index contributed by atoms with van der Waals surface area (Å²) in [6.45, 7) is 0.801. The number of fused-ring (bicyclic) bond motifs is 1. The van der Waals surface area contributed by atoms with Gasteiger partial charge in [0.2, 0.25) is 5.91 Å². The van der Waals surface area contributed by atoms with E-state index in [9.17, 15) is 4.79 Å². The molecule has 0 saturated heterocycles. The summed E-state index contributed by atoms with van der Waals surface area (Å²) in [5, 5.41) is 0.751. The quantitative estimate of drug-likeness (QED) is 0.778. The van der Waals surface area contributed by atoms with Crippen LogP contribution in [0.25, 0.3) is 0 Å². The zero-order valence-electron chi connectivity index (χ0n) is 11.6. The van der Waals surface area contributed by atoms with Gasteiger partial charge in [-0.05, 0) is 30.2 Å². The van der Waals surface area contributed by atoms with E-state index in [2.05, 4.69) is 6.07 Å². The molecule has 1 aliphatic heterocycles. The topological polar surface area (TPSA) is 20.3 Å². The van der Waals surface area contributed by atoms with Gasteiger partial charge in [0.05, 0.1) is 5.02 Å². The molecule has 1 aliphatic rings. The molecule has 2 nitrogen and oxygen atoms in total. The van der Waals surface area contributed by atoms with Gasteiger partial charge in [-0.3, -0.25) is 4.79 Å². The predicted molar refractivity (Wildman–Crippen MR) is 89.3 cm³/mol. The Labute approximate surface area is 134 Å². The normalized spacial score (nSPS) is 13.3. The van der Waals surface area contributed by atoms with Crippen LogP contribution in [0.5, 0.6) is 0 Å². The third-order valence-corrected chi connectivity index (χ3v) is 5.12. The van der Waals surface area contributed by atoms with Crippen molar-refractivity contribution in [3.05, 3.63) is 59.1 Å². The number of amides is 1. The van der Waals surface area contributed by atoms with Crippen molar-refractivity contribution in [3.63, 3.8) is 0 Å². The maximum Gasteiger partial charge on any atom is 0.227 e. The molecular weight excluding hydrogens is 302 g/mol. The van der Waals surface area contributed by atoms with Crippen molar-refractivity contribution in [2.24, 2.45) is 0 Å². The Morgan fingerprint density at radius 2 is 1.90 bits per heavy atom. The fraction of sp³-hybridized carbons (Fsp3) is 0.235. The van der Waals surface area contributed by atoms with Crippen LogP contribution in [0, 0.1) is 0 Å². The number of nitrogens with zero attached hydrogens (tertiary/aromatic N) is 1. The van der Waals surface area contributed by atoms with E-state index in [1.807, 2.05) is 47.4 Å². The van der Waals surface area contributed by atoms with Crippen LogP contribution in [0.1, 0.15) is 12.0 Å². The van der Waals surface area contributed by atoms with Gasteiger partial charge in [0, 0.05) is 29.3 Å². The van der Waals surface area contributed by atoms with Gasteiger partial charge in [-0.25, -0.2) is 0 Å². The number of thioether (sulfide) groups is 1. The summed E-state index contributed by atoms with van der Waals surface area (Å²) in [5.74, 6) is 0.945. The van der Waals surface area contributed by atoms with Gasteiger partial charge in [-0.2, -0.15) is 0 Å². The van der Waals surface area contributed by atoms with Crippen molar-refractivity contribution >= 4 is 35.0 Å². The maximum absolute atomic E-state index is 12.4. The fourth-order valence-electron chi connectivity index (χ4n) is 2.54. The van der Waals surface area contributed by atoms with E-state index in [1.54, 1.807) is 11.8 Å². The van der Waals surface area contributed by atoms with E-state index in [-0.39, 0.29) is 5.91 Å². The van der Waals surface area contributed by atoms with Gasteiger partial charge in [0.1, 0.15) is 0 Å². The second-order valence-electron chi connectivity index (χ2n) is 4.95. The largest absolute Gasteiger partial charge is 0.312 e. The van der Waals surface area contributed by atoms with E-state index in [0.29, 0.717) is 6.42 Å². The number of carbonyl (C=O) groups excluding carboxylic acids is 1. The Morgan fingerprint density at radius 3 is 2.76 bits per heavy atom. The van der Waals surface area contributed by atoms with Crippen LogP contribution in [0.2, 0.25) is 5.02 Å². The van der Waals surface area contributed by atoms with E-state index >= 15 is 0 Å². The molecule has 2 aromatic carbocycles. The van der Waals surface area contributed by atoms with Crippen LogP contribution in [-0.2, 0) is 11.2 Å². The first-order valence-corrected chi connectivity index (χ1v) is 8.37. The summed E-state index contributed by atoms with van der Waals surface area (Å²) in [4.78, 5) is 15.3. The van der Waals surface area contributed by atoms with Gasteiger partial charge < -0.3 is 4.90 Å². The highest BCUT2D eigenvalue weighted by atomic mass is 35.5. The van der Waals surface area contributed by atoms with Crippen molar-refractivity contribution < 1.29 is 4.79 Å². The zero-order valence-corrected chi connectivity index (χ0v) is 13.2. The molecule has 0 fully saturated rings. The Balaban J connectivity index is 1.57. The van der Waals surface area contributed by atoms with Crippen LogP contribution in [0.3, 0.4) is 0 Å². The minimum absolute atomic E-state index is 0.194. The standard InChI is InChI=1S/C17H16ClNOS/c18-14-6-2-4-8-16(14)21-12-10-17(20)19-11-9-13-5-1-3-7-15(13)19/h1-8H,9-12H2. The third-order valence-electron chi connectivity index (χ3n) is 3.60. The highest BCUT2D eigenvalue weighted by Gasteiger charge is 2.23. The summed E-state index contributed by atoms with van der Waals surface area (Å²) >= 11 is 7.75. The SMILES string of the molecule is O=C(CCSc1ccccc1Cl)N1CCc2ccccc21. The summed E-state index contributed by atoms with van der Waals surface area (Å²) in [7, 11) is 0. The molecule has 0 saturated carbocycles. The lowest BCUT2D eigenvalue weighted by atomic mass is 10.2. The van der Waals surface area contributed by atoms with Crippen LogP contribution in [0.15, 0.2) is 53.4 Å². The minimum atomic E-state index is 0.194. The monoisotopic (exact) mass is 317 g/mol. The fourth-order valence-corrected chi connectivity index (χ4v) is 3.72. The Bertz CT molecular complexity index is 659. The van der Waals surface area contributed by atoms with Gasteiger partial charge in [0.15, 0.2) is 0 Å². The highest BCUT2D eigenvalue weighted by molar-refractivity contribution is 7.99. The van der Waals surface area contributed by atoms with E-state index in [1.165, 1.54) is 5.56 Å². The Kier molecular flexibility index (Phi) is 4.51. The van der Waals surface area contributed by atoms with Crippen molar-refractivity contribution in [2.75, 3.05) is 17.2 Å². The molecule has 21 heavy (non-hydrogen) atoms. The lowest BCUT2D eigenvalue weighted by Crippen LogP contribution is -2.29. The number of hydrogen-bond acceptors (Lipinski definition) is 2. The molecule has 0 aliphatic carbocycles. The first-order valence-electron chi connectivity index (χ1n) is 7.01. The molecule has 0 radical (unpaired) electrons. The second-order valence-corrected chi connectivity index (χ2v) is 6.50. The van der Waals surface area contributed by atoms with E-state index in [4.69, 9.17) is 11.6 Å². The Morgan fingerprint density at radius 1 is 1.14 bits per heavy atom. The van der Waals surface area contributed by atoms with Gasteiger partial charge in [-0.1, -0.05) is 41.9 Å². The molecule has 0 spiro atoms. The molecule has 0 N–H and O–H groups in total. The second kappa shape index (κ2) is 6.54. The maximum atomic E-state index is 12.4. The van der Waals surface area contributed by atoms with Crippen LogP contribution in [-0.4, -0.2) is 18.2 Å². The average molecular weight is 318 g/mol. The van der Waals surface area contributed by atoms with Crippen LogP contribution in [0.4, 0.5) is 5.69 Å². The third kappa shape index (κ3) is 3.25. The van der Waals surface area contributed by atoms with Gasteiger partial charge in [0.25, 0.3) is 0 Å². The zero-order chi connectivity index (χ0) is 14.7. The molecule has 0 bridgehead atoms. The van der Waals surface area contributed by atoms with E-state index in [0.717, 1.165) is 34.3 Å².